The van der Waals surface area contributed by atoms with Crippen LogP contribution in [-0.4, -0.2) is 54.1 Å². The molecule has 0 saturated carbocycles. The molecule has 7 nitrogen and oxygen atoms in total. The molecular weight excluding hydrogens is 418 g/mol. The van der Waals surface area contributed by atoms with Crippen molar-refractivity contribution in [1.82, 2.24) is 9.88 Å². The Morgan fingerprint density at radius 3 is 2.55 bits per heavy atom. The van der Waals surface area contributed by atoms with E-state index in [4.69, 9.17) is 9.47 Å². The molecule has 1 aromatic heterocycles. The molecule has 0 unspecified atom stereocenters. The number of carbonyl (C=O) groups excluding carboxylic acids is 1. The number of aromatic hydroxyl groups is 1. The maximum Gasteiger partial charge on any atom is 0.231 e. The van der Waals surface area contributed by atoms with Gasteiger partial charge in [0, 0.05) is 38.9 Å². The van der Waals surface area contributed by atoms with Crippen LogP contribution in [0.4, 0.5) is 5.82 Å². The second kappa shape index (κ2) is 8.96. The third-order valence-corrected chi connectivity index (χ3v) is 6.06. The summed E-state index contributed by atoms with van der Waals surface area (Å²) in [7, 11) is 1.61. The summed E-state index contributed by atoms with van der Waals surface area (Å²) in [6.45, 7) is 3.84. The maximum absolute atomic E-state index is 13.0. The molecular formula is C26H25N3O4. The summed E-state index contributed by atoms with van der Waals surface area (Å²) in [5.74, 6) is 2.38. The number of Topliss-reactive ketones (excluding diaryl/α,β-unsaturated/α-hetero) is 1. The quantitative estimate of drug-likeness (QED) is 0.602. The summed E-state index contributed by atoms with van der Waals surface area (Å²) in [5.41, 5.74) is 1.96. The average molecular weight is 444 g/mol. The Balaban J connectivity index is 1.32. The van der Waals surface area contributed by atoms with Gasteiger partial charge in [-0.3, -0.25) is 9.69 Å². The molecule has 1 N–H and O–H groups in total. The summed E-state index contributed by atoms with van der Waals surface area (Å²) in [6.07, 6.45) is 3.52. The SMILES string of the molecule is COc1ccc(/C=C2\Oc3c(ccc(O)c3CN3CCN(c4ccccn4)CC3)C2=O)cc1. The Hall–Kier alpha value is -3.84. The Labute approximate surface area is 192 Å². The third-order valence-electron chi connectivity index (χ3n) is 6.06. The van der Waals surface area contributed by atoms with Gasteiger partial charge in [0.1, 0.15) is 23.1 Å². The van der Waals surface area contributed by atoms with E-state index in [-0.39, 0.29) is 17.3 Å². The third kappa shape index (κ3) is 4.27. The molecule has 1 fully saturated rings. The number of phenols is 1. The number of ketones is 1. The minimum Gasteiger partial charge on any atom is -0.507 e. The Kier molecular flexibility index (Phi) is 5.71. The molecule has 0 spiro atoms. The minimum absolute atomic E-state index is 0.138. The lowest BCUT2D eigenvalue weighted by atomic mass is 10.0. The van der Waals surface area contributed by atoms with Gasteiger partial charge < -0.3 is 19.5 Å². The smallest absolute Gasteiger partial charge is 0.231 e. The second-order valence-corrected chi connectivity index (χ2v) is 8.10. The summed E-state index contributed by atoms with van der Waals surface area (Å²) >= 11 is 0. The zero-order valence-electron chi connectivity index (χ0n) is 18.4. The van der Waals surface area contributed by atoms with Gasteiger partial charge in [-0.05, 0) is 48.0 Å². The van der Waals surface area contributed by atoms with Crippen molar-refractivity contribution in [3.63, 3.8) is 0 Å². The highest BCUT2D eigenvalue weighted by Crippen LogP contribution is 2.40. The normalized spacial score (nSPS) is 17.2. The van der Waals surface area contributed by atoms with Gasteiger partial charge in [0.05, 0.1) is 18.2 Å². The van der Waals surface area contributed by atoms with E-state index < -0.39 is 0 Å². The van der Waals surface area contributed by atoms with Crippen molar-refractivity contribution in [2.24, 2.45) is 0 Å². The molecule has 3 aromatic rings. The monoisotopic (exact) mass is 443 g/mol. The van der Waals surface area contributed by atoms with Gasteiger partial charge in [-0.15, -0.1) is 0 Å². The molecule has 5 rings (SSSR count). The van der Waals surface area contributed by atoms with Crippen molar-refractivity contribution in [2.75, 3.05) is 38.2 Å². The van der Waals surface area contributed by atoms with Crippen LogP contribution >= 0.6 is 0 Å². The number of methoxy groups -OCH3 is 1. The first kappa shape index (κ1) is 21.0. The molecule has 0 bridgehead atoms. The van der Waals surface area contributed by atoms with E-state index in [0.29, 0.717) is 23.4 Å². The topological polar surface area (TPSA) is 75.1 Å². The van der Waals surface area contributed by atoms with E-state index in [1.54, 1.807) is 31.5 Å². The first-order valence-corrected chi connectivity index (χ1v) is 10.9. The molecule has 1 saturated heterocycles. The predicted octanol–water partition coefficient (Wildman–Crippen LogP) is 3.73. The summed E-state index contributed by atoms with van der Waals surface area (Å²) in [4.78, 5) is 21.9. The van der Waals surface area contributed by atoms with Crippen LogP contribution < -0.4 is 14.4 Å². The van der Waals surface area contributed by atoms with Gasteiger partial charge in [0.25, 0.3) is 0 Å². The van der Waals surface area contributed by atoms with Gasteiger partial charge in [-0.1, -0.05) is 18.2 Å². The van der Waals surface area contributed by atoms with Crippen LogP contribution in [0.25, 0.3) is 6.08 Å². The number of phenolic OH excluding ortho intramolecular Hbond substituents is 1. The van der Waals surface area contributed by atoms with Gasteiger partial charge in [-0.25, -0.2) is 4.98 Å². The zero-order chi connectivity index (χ0) is 22.8. The lowest BCUT2D eigenvalue weighted by Crippen LogP contribution is -2.46. The summed E-state index contributed by atoms with van der Waals surface area (Å²) in [6, 6.07) is 16.5. The van der Waals surface area contributed by atoms with Crippen molar-refractivity contribution in [3.8, 4) is 17.2 Å². The van der Waals surface area contributed by atoms with Crippen LogP contribution in [0.3, 0.4) is 0 Å². The van der Waals surface area contributed by atoms with E-state index in [2.05, 4.69) is 14.8 Å². The highest BCUT2D eigenvalue weighted by molar-refractivity contribution is 6.15. The van der Waals surface area contributed by atoms with Gasteiger partial charge >= 0.3 is 0 Å². The number of nitrogens with zero attached hydrogens (tertiary/aromatic N) is 3. The van der Waals surface area contributed by atoms with Crippen molar-refractivity contribution in [2.45, 2.75) is 6.54 Å². The number of fused-ring (bicyclic) bond motifs is 1. The van der Waals surface area contributed by atoms with Gasteiger partial charge in [-0.2, -0.15) is 0 Å². The molecule has 0 radical (unpaired) electrons. The molecule has 2 aromatic carbocycles. The van der Waals surface area contributed by atoms with Crippen molar-refractivity contribution in [1.29, 1.82) is 0 Å². The second-order valence-electron chi connectivity index (χ2n) is 8.10. The molecule has 2 aliphatic rings. The molecule has 168 valence electrons. The highest BCUT2D eigenvalue weighted by atomic mass is 16.5. The number of ether oxygens (including phenoxy) is 2. The Morgan fingerprint density at radius 1 is 1.06 bits per heavy atom. The lowest BCUT2D eigenvalue weighted by molar-refractivity contribution is 0.101. The standard InChI is InChI=1S/C26H25N3O4/c1-32-19-7-5-18(6-8-19)16-23-25(31)20-9-10-22(30)21(26(20)33-23)17-28-12-14-29(15-13-28)24-4-2-3-11-27-24/h2-11,16,30H,12-15,17H2,1H3/b23-16-. The fraction of sp³-hybridized carbons (Fsp3) is 0.231. The molecule has 33 heavy (non-hydrogen) atoms. The van der Waals surface area contributed by atoms with E-state index in [1.165, 1.54) is 0 Å². The number of allylic oxidation sites excluding steroid dienone is 1. The van der Waals surface area contributed by atoms with Crippen molar-refractivity contribution >= 4 is 17.7 Å². The first-order chi connectivity index (χ1) is 16.1. The molecule has 0 atom stereocenters. The average Bonchev–Trinajstić information content (AvgIpc) is 3.17. The Bertz CT molecular complexity index is 1180. The van der Waals surface area contributed by atoms with Gasteiger partial charge in [0.2, 0.25) is 5.78 Å². The summed E-state index contributed by atoms with van der Waals surface area (Å²) in [5, 5.41) is 10.6. The van der Waals surface area contributed by atoms with E-state index in [9.17, 15) is 9.90 Å². The number of anilines is 1. The number of hydrogen-bond donors (Lipinski definition) is 1. The summed E-state index contributed by atoms with van der Waals surface area (Å²) < 4.78 is 11.2. The van der Waals surface area contributed by atoms with Crippen molar-refractivity contribution < 1.29 is 19.4 Å². The number of rotatable bonds is 5. The fourth-order valence-electron chi connectivity index (χ4n) is 4.20. The molecule has 7 heteroatoms. The molecule has 0 amide bonds. The first-order valence-electron chi connectivity index (χ1n) is 10.9. The van der Waals surface area contributed by atoms with Crippen LogP contribution in [0.15, 0.2) is 66.6 Å². The molecule has 3 heterocycles. The van der Waals surface area contributed by atoms with Crippen LogP contribution in [0, 0.1) is 0 Å². The predicted molar refractivity (Wildman–Crippen MR) is 126 cm³/mol. The maximum atomic E-state index is 13.0. The number of hydrogen-bond acceptors (Lipinski definition) is 7. The highest BCUT2D eigenvalue weighted by Gasteiger charge is 2.32. The largest absolute Gasteiger partial charge is 0.507 e. The number of benzene rings is 2. The van der Waals surface area contributed by atoms with Gasteiger partial charge in [0.15, 0.2) is 5.76 Å². The minimum atomic E-state index is -0.179. The number of aromatic nitrogens is 1. The zero-order valence-corrected chi connectivity index (χ0v) is 18.4. The number of piperazine rings is 1. The van der Waals surface area contributed by atoms with E-state index >= 15 is 0 Å². The van der Waals surface area contributed by atoms with Crippen LogP contribution in [0.1, 0.15) is 21.5 Å². The van der Waals surface area contributed by atoms with E-state index in [1.807, 2.05) is 42.5 Å². The molecule has 2 aliphatic heterocycles. The fourth-order valence-corrected chi connectivity index (χ4v) is 4.20. The Morgan fingerprint density at radius 2 is 1.85 bits per heavy atom. The van der Waals surface area contributed by atoms with Crippen LogP contribution in [-0.2, 0) is 6.54 Å². The van der Waals surface area contributed by atoms with Crippen molar-refractivity contribution in [3.05, 3.63) is 83.2 Å². The number of pyridine rings is 1. The van der Waals surface area contributed by atoms with Crippen LogP contribution in [0.2, 0.25) is 0 Å². The number of carbonyl (C=O) groups is 1. The van der Waals surface area contributed by atoms with Crippen LogP contribution in [0.5, 0.6) is 17.2 Å². The lowest BCUT2D eigenvalue weighted by Gasteiger charge is -2.35. The van der Waals surface area contributed by atoms with E-state index in [0.717, 1.165) is 43.3 Å². The molecule has 0 aliphatic carbocycles.